The summed E-state index contributed by atoms with van der Waals surface area (Å²) in [7, 11) is 0. The Morgan fingerprint density at radius 2 is 1.84 bits per heavy atom. The molecule has 0 bridgehead atoms. The highest BCUT2D eigenvalue weighted by Crippen LogP contribution is 2.34. The Morgan fingerprint density at radius 3 is 2.42 bits per heavy atom. The van der Waals surface area contributed by atoms with Crippen molar-refractivity contribution < 1.29 is 32.9 Å². The number of hydrogen-bond donors (Lipinski definition) is 2. The summed E-state index contributed by atoms with van der Waals surface area (Å²) in [5.74, 6) is -0.648. The topological polar surface area (TPSA) is 79.7 Å². The number of aliphatic carboxylic acids is 1. The molecule has 9 heteroatoms. The van der Waals surface area contributed by atoms with Gasteiger partial charge in [-0.15, -0.1) is 11.3 Å². The second-order valence-electron chi connectivity index (χ2n) is 7.03. The average Bonchev–Trinajstić information content (AvgIpc) is 3.06. The second kappa shape index (κ2) is 9.07. The van der Waals surface area contributed by atoms with Crippen molar-refractivity contribution in [3.8, 4) is 16.3 Å². The van der Waals surface area contributed by atoms with Crippen molar-refractivity contribution in [3.63, 3.8) is 0 Å². The molecule has 0 saturated carbocycles. The Labute approximate surface area is 180 Å². The van der Waals surface area contributed by atoms with Crippen LogP contribution in [0, 0.1) is 13.8 Å². The van der Waals surface area contributed by atoms with Gasteiger partial charge in [-0.1, -0.05) is 18.2 Å². The van der Waals surface area contributed by atoms with E-state index in [1.165, 1.54) is 23.5 Å². The molecule has 0 aliphatic rings. The van der Waals surface area contributed by atoms with Gasteiger partial charge in [-0.3, -0.25) is 0 Å². The number of carboxylic acid groups (broad SMARTS) is 1. The first-order valence-electron chi connectivity index (χ1n) is 9.31. The van der Waals surface area contributed by atoms with Crippen LogP contribution in [-0.2, 0) is 17.4 Å². The molecule has 5 nitrogen and oxygen atoms in total. The number of carboxylic acids is 1. The first-order chi connectivity index (χ1) is 14.5. The Balaban J connectivity index is 1.74. The van der Waals surface area contributed by atoms with Gasteiger partial charge in [0, 0.05) is 16.9 Å². The van der Waals surface area contributed by atoms with Gasteiger partial charge in [0.2, 0.25) is 0 Å². The van der Waals surface area contributed by atoms with E-state index in [4.69, 9.17) is 9.84 Å². The summed E-state index contributed by atoms with van der Waals surface area (Å²) in [5, 5.41) is 20.0. The van der Waals surface area contributed by atoms with Gasteiger partial charge >= 0.3 is 12.1 Å². The molecule has 1 heterocycles. The lowest BCUT2D eigenvalue weighted by Gasteiger charge is -2.13. The highest BCUT2D eigenvalue weighted by molar-refractivity contribution is 7.15. The van der Waals surface area contributed by atoms with Crippen molar-refractivity contribution in [2.75, 3.05) is 6.61 Å². The molecule has 1 atom stereocenters. The molecule has 164 valence electrons. The van der Waals surface area contributed by atoms with Crippen LogP contribution in [0.5, 0.6) is 5.75 Å². The Hall–Kier alpha value is -2.91. The van der Waals surface area contributed by atoms with Gasteiger partial charge in [-0.2, -0.15) is 13.2 Å². The van der Waals surface area contributed by atoms with Crippen molar-refractivity contribution in [2.45, 2.75) is 32.5 Å². The van der Waals surface area contributed by atoms with E-state index in [9.17, 15) is 23.1 Å². The van der Waals surface area contributed by atoms with Crippen molar-refractivity contribution in [1.82, 2.24) is 4.98 Å². The third-order valence-corrected chi connectivity index (χ3v) is 5.89. The number of rotatable bonds is 7. The fourth-order valence-corrected chi connectivity index (χ4v) is 4.12. The Bertz CT molecular complexity index is 1080. The molecular formula is C22H20F3NO4S. The first-order valence-corrected chi connectivity index (χ1v) is 10.1. The van der Waals surface area contributed by atoms with Crippen molar-refractivity contribution in [2.24, 2.45) is 0 Å². The smallest absolute Gasteiger partial charge is 0.416 e. The standard InChI is InChI=1S/C22H20F3NO4S/c1-12-9-15(5-8-18(12)30-11-20(28)29)17(27)10-19-13(2)26-21(31-19)14-3-6-16(7-4-14)22(23,24)25/h3-9,17,27H,10-11H2,1-2H3,(H,28,29). The third kappa shape index (κ3) is 5.62. The molecule has 0 fully saturated rings. The predicted molar refractivity (Wildman–Crippen MR) is 110 cm³/mol. The molecule has 0 saturated heterocycles. The monoisotopic (exact) mass is 451 g/mol. The molecule has 0 spiro atoms. The number of aryl methyl sites for hydroxylation is 2. The van der Waals surface area contributed by atoms with Crippen molar-refractivity contribution >= 4 is 17.3 Å². The minimum atomic E-state index is -4.39. The van der Waals surface area contributed by atoms with Crippen LogP contribution in [0.2, 0.25) is 0 Å². The molecule has 1 unspecified atom stereocenters. The van der Waals surface area contributed by atoms with E-state index >= 15 is 0 Å². The van der Waals surface area contributed by atoms with E-state index < -0.39 is 30.4 Å². The van der Waals surface area contributed by atoms with Crippen LogP contribution in [0.1, 0.15) is 33.4 Å². The number of benzene rings is 2. The number of aromatic nitrogens is 1. The maximum absolute atomic E-state index is 12.8. The highest BCUT2D eigenvalue weighted by Gasteiger charge is 2.30. The SMILES string of the molecule is Cc1cc(C(O)Cc2sc(-c3ccc(C(F)(F)F)cc3)nc2C)ccc1OCC(=O)O. The number of aliphatic hydroxyl groups is 1. The van der Waals surface area contributed by atoms with E-state index in [-0.39, 0.29) is 0 Å². The van der Waals surface area contributed by atoms with Crippen LogP contribution in [0.15, 0.2) is 42.5 Å². The summed E-state index contributed by atoms with van der Waals surface area (Å²) in [4.78, 5) is 15.9. The zero-order valence-electron chi connectivity index (χ0n) is 16.7. The number of thiazole rings is 1. The third-order valence-electron chi connectivity index (χ3n) is 4.67. The zero-order valence-corrected chi connectivity index (χ0v) is 17.5. The van der Waals surface area contributed by atoms with E-state index in [1.54, 1.807) is 32.0 Å². The lowest BCUT2D eigenvalue weighted by atomic mass is 10.0. The van der Waals surface area contributed by atoms with E-state index in [0.29, 0.717) is 39.6 Å². The van der Waals surface area contributed by atoms with Gasteiger partial charge in [0.1, 0.15) is 10.8 Å². The van der Waals surface area contributed by atoms with Gasteiger partial charge in [0.15, 0.2) is 6.61 Å². The molecule has 0 amide bonds. The number of carbonyl (C=O) groups is 1. The van der Waals surface area contributed by atoms with Crippen LogP contribution in [0.3, 0.4) is 0 Å². The van der Waals surface area contributed by atoms with Gasteiger partial charge in [-0.05, 0) is 49.2 Å². The molecular weight excluding hydrogens is 431 g/mol. The van der Waals surface area contributed by atoms with Crippen molar-refractivity contribution in [3.05, 3.63) is 69.7 Å². The molecule has 2 aromatic carbocycles. The van der Waals surface area contributed by atoms with Crippen LogP contribution >= 0.6 is 11.3 Å². The van der Waals surface area contributed by atoms with E-state index in [0.717, 1.165) is 17.0 Å². The summed E-state index contributed by atoms with van der Waals surface area (Å²) in [6.45, 7) is 3.10. The molecule has 3 aromatic rings. The lowest BCUT2D eigenvalue weighted by molar-refractivity contribution is -0.139. The summed E-state index contributed by atoms with van der Waals surface area (Å²) in [5.41, 5.74) is 1.91. The number of ether oxygens (including phenoxy) is 1. The quantitative estimate of drug-likeness (QED) is 0.517. The Kier molecular flexibility index (Phi) is 6.66. The van der Waals surface area contributed by atoms with Gasteiger partial charge in [-0.25, -0.2) is 9.78 Å². The second-order valence-corrected chi connectivity index (χ2v) is 8.11. The van der Waals surface area contributed by atoms with Crippen LogP contribution in [-0.4, -0.2) is 27.8 Å². The minimum absolute atomic E-state index is 0.291. The number of alkyl halides is 3. The van der Waals surface area contributed by atoms with E-state index in [1.807, 2.05) is 0 Å². The average molecular weight is 451 g/mol. The predicted octanol–water partition coefficient (Wildman–Crippen LogP) is 5.19. The summed E-state index contributed by atoms with van der Waals surface area (Å²) < 4.78 is 43.4. The van der Waals surface area contributed by atoms with Crippen LogP contribution in [0.4, 0.5) is 13.2 Å². The van der Waals surface area contributed by atoms with Gasteiger partial charge < -0.3 is 14.9 Å². The van der Waals surface area contributed by atoms with Gasteiger partial charge in [0.05, 0.1) is 17.4 Å². The van der Waals surface area contributed by atoms with Gasteiger partial charge in [0.25, 0.3) is 0 Å². The first kappa shape index (κ1) is 22.8. The molecule has 2 N–H and O–H groups in total. The fourth-order valence-electron chi connectivity index (χ4n) is 3.02. The Morgan fingerprint density at radius 1 is 1.16 bits per heavy atom. The molecule has 1 aromatic heterocycles. The van der Waals surface area contributed by atoms with E-state index in [2.05, 4.69) is 4.98 Å². The largest absolute Gasteiger partial charge is 0.482 e. The summed E-state index contributed by atoms with van der Waals surface area (Å²) in [6, 6.07) is 9.84. The molecule has 3 rings (SSSR count). The molecule has 0 radical (unpaired) electrons. The molecule has 0 aliphatic heterocycles. The number of halogens is 3. The number of aliphatic hydroxyl groups excluding tert-OH is 1. The fraction of sp³-hybridized carbons (Fsp3) is 0.273. The number of hydrogen-bond acceptors (Lipinski definition) is 5. The maximum atomic E-state index is 12.8. The maximum Gasteiger partial charge on any atom is 0.416 e. The summed E-state index contributed by atoms with van der Waals surface area (Å²) in [6.07, 6.45) is -4.93. The zero-order chi connectivity index (χ0) is 22.8. The summed E-state index contributed by atoms with van der Waals surface area (Å²) >= 11 is 1.33. The van der Waals surface area contributed by atoms with Crippen LogP contribution < -0.4 is 4.74 Å². The van der Waals surface area contributed by atoms with Crippen LogP contribution in [0.25, 0.3) is 10.6 Å². The molecule has 31 heavy (non-hydrogen) atoms. The highest BCUT2D eigenvalue weighted by atomic mass is 32.1. The van der Waals surface area contributed by atoms with Crippen molar-refractivity contribution in [1.29, 1.82) is 0 Å². The molecule has 0 aliphatic carbocycles. The minimum Gasteiger partial charge on any atom is -0.482 e. The normalized spacial score (nSPS) is 12.6. The number of nitrogens with zero attached hydrogens (tertiary/aromatic N) is 1. The lowest BCUT2D eigenvalue weighted by Crippen LogP contribution is -2.10.